The van der Waals surface area contributed by atoms with Gasteiger partial charge in [-0.2, -0.15) is 5.26 Å². The molecule has 1 aliphatic carbocycles. The lowest BCUT2D eigenvalue weighted by Crippen LogP contribution is -2.47. The van der Waals surface area contributed by atoms with Crippen LogP contribution in [0.15, 0.2) is 30.5 Å². The molecule has 1 heterocycles. The average Bonchev–Trinajstić information content (AvgIpc) is 2.44. The Balaban J connectivity index is 2.07. The number of hydrogen-bond donors (Lipinski definition) is 2. The van der Waals surface area contributed by atoms with Gasteiger partial charge in [0.15, 0.2) is 0 Å². The van der Waals surface area contributed by atoms with E-state index in [0.717, 1.165) is 30.2 Å². The Morgan fingerprint density at radius 2 is 2.19 bits per heavy atom. The lowest BCUT2D eigenvalue weighted by Gasteiger charge is -2.42. The van der Waals surface area contributed by atoms with Gasteiger partial charge in [0.2, 0.25) is 0 Å². The number of nitrogens with zero attached hydrogens (tertiary/aromatic N) is 2. The molecule has 1 fully saturated rings. The Hall–Kier alpha value is -2.61. The van der Waals surface area contributed by atoms with Crippen molar-refractivity contribution in [1.82, 2.24) is 4.98 Å². The van der Waals surface area contributed by atoms with Crippen molar-refractivity contribution >= 4 is 22.6 Å². The maximum absolute atomic E-state index is 11.1. The topological polar surface area (TPSA) is 86.0 Å². The largest absolute Gasteiger partial charge is 0.481 e. The van der Waals surface area contributed by atoms with Crippen molar-refractivity contribution in [3.05, 3.63) is 36.0 Å². The summed E-state index contributed by atoms with van der Waals surface area (Å²) >= 11 is 0. The standard InChI is InChI=1S/C16H15N3O2/c17-9-11-10-18-13-5-2-1-4-12(13)15(11)19-16(6-3-7-16)8-14(20)21/h1-2,4-5,10H,3,6-8H2,(H,18,19)(H,20,21). The molecule has 1 saturated carbocycles. The van der Waals surface area contributed by atoms with Gasteiger partial charge >= 0.3 is 5.97 Å². The molecule has 21 heavy (non-hydrogen) atoms. The van der Waals surface area contributed by atoms with Gasteiger partial charge in [0.25, 0.3) is 0 Å². The van der Waals surface area contributed by atoms with Crippen molar-refractivity contribution in [2.75, 3.05) is 5.32 Å². The third-order valence-electron chi connectivity index (χ3n) is 4.09. The molecule has 0 aliphatic heterocycles. The van der Waals surface area contributed by atoms with E-state index in [0.29, 0.717) is 11.3 Å². The molecule has 2 N–H and O–H groups in total. The maximum Gasteiger partial charge on any atom is 0.305 e. The van der Waals surface area contributed by atoms with Crippen LogP contribution in [0.25, 0.3) is 10.9 Å². The second kappa shape index (κ2) is 5.06. The first-order valence-electron chi connectivity index (χ1n) is 6.91. The van der Waals surface area contributed by atoms with Crippen LogP contribution in [0, 0.1) is 11.3 Å². The number of anilines is 1. The van der Waals surface area contributed by atoms with Gasteiger partial charge in [-0.25, -0.2) is 0 Å². The van der Waals surface area contributed by atoms with Gasteiger partial charge in [0.1, 0.15) is 6.07 Å². The van der Waals surface area contributed by atoms with E-state index in [2.05, 4.69) is 16.4 Å². The Morgan fingerprint density at radius 3 is 2.81 bits per heavy atom. The van der Waals surface area contributed by atoms with Gasteiger partial charge in [-0.05, 0) is 25.3 Å². The van der Waals surface area contributed by atoms with E-state index in [4.69, 9.17) is 5.11 Å². The highest BCUT2D eigenvalue weighted by Crippen LogP contribution is 2.40. The highest BCUT2D eigenvalue weighted by atomic mass is 16.4. The smallest absolute Gasteiger partial charge is 0.305 e. The van der Waals surface area contributed by atoms with Crippen LogP contribution < -0.4 is 5.32 Å². The fourth-order valence-electron chi connectivity index (χ4n) is 2.86. The molecule has 3 rings (SSSR count). The average molecular weight is 281 g/mol. The highest BCUT2D eigenvalue weighted by Gasteiger charge is 2.39. The normalized spacial score (nSPS) is 16.0. The molecule has 1 aromatic carbocycles. The zero-order chi connectivity index (χ0) is 14.9. The summed E-state index contributed by atoms with van der Waals surface area (Å²) in [4.78, 5) is 15.4. The van der Waals surface area contributed by atoms with E-state index < -0.39 is 11.5 Å². The number of fused-ring (bicyclic) bond motifs is 1. The summed E-state index contributed by atoms with van der Waals surface area (Å²) in [5.74, 6) is -0.820. The van der Waals surface area contributed by atoms with Gasteiger partial charge in [0, 0.05) is 17.1 Å². The Morgan fingerprint density at radius 1 is 1.43 bits per heavy atom. The third kappa shape index (κ3) is 2.40. The summed E-state index contributed by atoms with van der Waals surface area (Å²) in [5, 5.41) is 22.6. The predicted molar refractivity (Wildman–Crippen MR) is 78.9 cm³/mol. The lowest BCUT2D eigenvalue weighted by molar-refractivity contribution is -0.138. The van der Waals surface area contributed by atoms with E-state index in [1.807, 2.05) is 24.3 Å². The number of aliphatic carboxylic acids is 1. The summed E-state index contributed by atoms with van der Waals surface area (Å²) in [6.07, 6.45) is 4.22. The molecule has 2 aromatic rings. The zero-order valence-corrected chi connectivity index (χ0v) is 11.5. The van der Waals surface area contributed by atoms with Crippen molar-refractivity contribution < 1.29 is 9.90 Å². The molecule has 0 unspecified atom stereocenters. The predicted octanol–water partition coefficient (Wildman–Crippen LogP) is 2.92. The summed E-state index contributed by atoms with van der Waals surface area (Å²) in [6, 6.07) is 9.70. The quantitative estimate of drug-likeness (QED) is 0.899. The van der Waals surface area contributed by atoms with Gasteiger partial charge in [0.05, 0.1) is 23.2 Å². The molecule has 0 spiro atoms. The molecular weight excluding hydrogens is 266 g/mol. The van der Waals surface area contributed by atoms with Crippen LogP contribution in [-0.2, 0) is 4.79 Å². The van der Waals surface area contributed by atoms with Crippen molar-refractivity contribution in [2.24, 2.45) is 0 Å². The van der Waals surface area contributed by atoms with E-state index >= 15 is 0 Å². The number of nitrogens with one attached hydrogen (secondary N) is 1. The molecule has 106 valence electrons. The van der Waals surface area contributed by atoms with Crippen LogP contribution in [0.3, 0.4) is 0 Å². The first-order valence-corrected chi connectivity index (χ1v) is 6.91. The van der Waals surface area contributed by atoms with Crippen molar-refractivity contribution in [2.45, 2.75) is 31.2 Å². The summed E-state index contributed by atoms with van der Waals surface area (Å²) in [5.41, 5.74) is 1.50. The molecule has 1 aromatic heterocycles. The van der Waals surface area contributed by atoms with Crippen LogP contribution >= 0.6 is 0 Å². The highest BCUT2D eigenvalue weighted by molar-refractivity contribution is 5.94. The Bertz CT molecular complexity index is 745. The molecular formula is C16H15N3O2. The van der Waals surface area contributed by atoms with E-state index in [1.54, 1.807) is 0 Å². The minimum atomic E-state index is -0.820. The lowest BCUT2D eigenvalue weighted by atomic mass is 9.74. The number of benzene rings is 1. The Labute approximate surface area is 122 Å². The molecule has 0 radical (unpaired) electrons. The fraction of sp³-hybridized carbons (Fsp3) is 0.312. The first kappa shape index (κ1) is 13.4. The van der Waals surface area contributed by atoms with E-state index in [1.165, 1.54) is 6.20 Å². The van der Waals surface area contributed by atoms with Gasteiger partial charge in [-0.15, -0.1) is 0 Å². The molecule has 0 atom stereocenters. The summed E-state index contributed by atoms with van der Waals surface area (Å²) < 4.78 is 0. The number of carboxylic acid groups (broad SMARTS) is 1. The fourth-order valence-corrected chi connectivity index (χ4v) is 2.86. The van der Waals surface area contributed by atoms with Crippen LogP contribution in [0.4, 0.5) is 5.69 Å². The molecule has 5 heteroatoms. The number of rotatable bonds is 4. The molecule has 0 bridgehead atoms. The second-order valence-corrected chi connectivity index (χ2v) is 5.51. The van der Waals surface area contributed by atoms with Gasteiger partial charge in [-0.1, -0.05) is 18.2 Å². The SMILES string of the molecule is N#Cc1cnc2ccccc2c1NC1(CC(=O)O)CCC1. The number of aromatic nitrogens is 1. The van der Waals surface area contributed by atoms with Crippen LogP contribution in [0.5, 0.6) is 0 Å². The number of hydrogen-bond acceptors (Lipinski definition) is 4. The number of nitriles is 1. The third-order valence-corrected chi connectivity index (χ3v) is 4.09. The molecule has 5 nitrogen and oxygen atoms in total. The van der Waals surface area contributed by atoms with E-state index in [9.17, 15) is 10.1 Å². The van der Waals surface area contributed by atoms with Crippen LogP contribution in [0.2, 0.25) is 0 Å². The number of carbonyl (C=O) groups is 1. The van der Waals surface area contributed by atoms with Crippen molar-refractivity contribution in [3.63, 3.8) is 0 Å². The number of carboxylic acids is 1. The van der Waals surface area contributed by atoms with Crippen LogP contribution in [0.1, 0.15) is 31.2 Å². The van der Waals surface area contributed by atoms with Gasteiger partial charge in [-0.3, -0.25) is 9.78 Å². The number of pyridine rings is 1. The van der Waals surface area contributed by atoms with E-state index in [-0.39, 0.29) is 6.42 Å². The van der Waals surface area contributed by atoms with Crippen molar-refractivity contribution in [1.29, 1.82) is 5.26 Å². The molecule has 0 saturated heterocycles. The second-order valence-electron chi connectivity index (χ2n) is 5.51. The zero-order valence-electron chi connectivity index (χ0n) is 11.5. The molecule has 1 aliphatic rings. The minimum Gasteiger partial charge on any atom is -0.481 e. The summed E-state index contributed by atoms with van der Waals surface area (Å²) in [7, 11) is 0. The molecule has 0 amide bonds. The summed E-state index contributed by atoms with van der Waals surface area (Å²) in [6.45, 7) is 0. The minimum absolute atomic E-state index is 0.0640. The Kier molecular flexibility index (Phi) is 3.22. The van der Waals surface area contributed by atoms with Crippen molar-refractivity contribution in [3.8, 4) is 6.07 Å². The van der Waals surface area contributed by atoms with Crippen LogP contribution in [-0.4, -0.2) is 21.6 Å². The monoisotopic (exact) mass is 281 g/mol. The maximum atomic E-state index is 11.1. The first-order chi connectivity index (χ1) is 10.1. The van der Waals surface area contributed by atoms with Gasteiger partial charge < -0.3 is 10.4 Å². The number of para-hydroxylation sites is 1.